The predicted molar refractivity (Wildman–Crippen MR) is 72.5 cm³/mol. The molecule has 1 N–H and O–H groups in total. The summed E-state index contributed by atoms with van der Waals surface area (Å²) in [6.07, 6.45) is 9.89. The second-order valence-electron chi connectivity index (χ2n) is 6.34. The van der Waals surface area contributed by atoms with E-state index in [2.05, 4.69) is 5.32 Å². The van der Waals surface area contributed by atoms with Gasteiger partial charge in [0.1, 0.15) is 0 Å². The van der Waals surface area contributed by atoms with Gasteiger partial charge in [-0.3, -0.25) is 14.5 Å². The van der Waals surface area contributed by atoms with E-state index in [1.165, 1.54) is 19.3 Å². The van der Waals surface area contributed by atoms with E-state index >= 15 is 0 Å². The number of nitrogens with one attached hydrogen (secondary N) is 1. The van der Waals surface area contributed by atoms with E-state index in [9.17, 15) is 9.59 Å². The SMILES string of the molecule is O=C1CC(NCCC2CCC2)C(=O)N1C1CCCC1. The number of imide groups is 1. The van der Waals surface area contributed by atoms with Crippen molar-refractivity contribution in [2.75, 3.05) is 6.54 Å². The molecule has 0 aromatic rings. The van der Waals surface area contributed by atoms with E-state index in [0.717, 1.165) is 44.6 Å². The van der Waals surface area contributed by atoms with Crippen molar-refractivity contribution in [2.45, 2.75) is 69.9 Å². The molecule has 106 valence electrons. The van der Waals surface area contributed by atoms with Gasteiger partial charge in [0, 0.05) is 6.04 Å². The Hall–Kier alpha value is -0.900. The van der Waals surface area contributed by atoms with Gasteiger partial charge in [-0.15, -0.1) is 0 Å². The van der Waals surface area contributed by atoms with Gasteiger partial charge >= 0.3 is 0 Å². The number of carbonyl (C=O) groups is 2. The van der Waals surface area contributed by atoms with Gasteiger partial charge in [0.05, 0.1) is 12.5 Å². The Morgan fingerprint density at radius 3 is 2.42 bits per heavy atom. The van der Waals surface area contributed by atoms with Crippen LogP contribution in [0.25, 0.3) is 0 Å². The van der Waals surface area contributed by atoms with Crippen LogP contribution < -0.4 is 5.32 Å². The van der Waals surface area contributed by atoms with Crippen LogP contribution in [0.15, 0.2) is 0 Å². The predicted octanol–water partition coefficient (Wildman–Crippen LogP) is 1.84. The lowest BCUT2D eigenvalue weighted by atomic mass is 9.83. The summed E-state index contributed by atoms with van der Waals surface area (Å²) in [6, 6.07) is -0.0494. The van der Waals surface area contributed by atoms with Gasteiger partial charge in [-0.1, -0.05) is 32.1 Å². The van der Waals surface area contributed by atoms with Crippen LogP contribution in [0.2, 0.25) is 0 Å². The fraction of sp³-hybridized carbons (Fsp3) is 0.867. The summed E-state index contributed by atoms with van der Waals surface area (Å²) in [5.74, 6) is 0.925. The molecule has 3 rings (SSSR count). The fourth-order valence-corrected chi connectivity index (χ4v) is 3.60. The Morgan fingerprint density at radius 2 is 1.79 bits per heavy atom. The molecule has 1 heterocycles. The zero-order valence-electron chi connectivity index (χ0n) is 11.6. The summed E-state index contributed by atoms with van der Waals surface area (Å²) in [5.41, 5.74) is 0. The van der Waals surface area contributed by atoms with Crippen molar-refractivity contribution in [1.82, 2.24) is 10.2 Å². The van der Waals surface area contributed by atoms with Crippen molar-refractivity contribution in [3.05, 3.63) is 0 Å². The zero-order valence-corrected chi connectivity index (χ0v) is 11.6. The molecule has 2 amide bonds. The van der Waals surface area contributed by atoms with E-state index in [0.29, 0.717) is 6.42 Å². The summed E-state index contributed by atoms with van der Waals surface area (Å²) < 4.78 is 0. The van der Waals surface area contributed by atoms with E-state index in [1.54, 1.807) is 4.90 Å². The van der Waals surface area contributed by atoms with Gasteiger partial charge in [0.15, 0.2) is 0 Å². The first-order chi connectivity index (χ1) is 9.25. The Balaban J connectivity index is 1.49. The summed E-state index contributed by atoms with van der Waals surface area (Å²) in [4.78, 5) is 25.9. The third kappa shape index (κ3) is 2.69. The van der Waals surface area contributed by atoms with E-state index < -0.39 is 0 Å². The smallest absolute Gasteiger partial charge is 0.247 e. The summed E-state index contributed by atoms with van der Waals surface area (Å²) >= 11 is 0. The molecule has 4 heteroatoms. The zero-order chi connectivity index (χ0) is 13.2. The molecular weight excluding hydrogens is 240 g/mol. The number of amides is 2. The number of rotatable bonds is 5. The Labute approximate surface area is 114 Å². The number of carbonyl (C=O) groups excluding carboxylic acids is 2. The molecule has 1 saturated heterocycles. The molecule has 0 aromatic heterocycles. The number of hydrogen-bond acceptors (Lipinski definition) is 3. The van der Waals surface area contributed by atoms with Gasteiger partial charge in [-0.05, 0) is 31.7 Å². The van der Waals surface area contributed by atoms with Gasteiger partial charge in [0.25, 0.3) is 0 Å². The summed E-state index contributed by atoms with van der Waals surface area (Å²) in [7, 11) is 0. The first kappa shape index (κ1) is 13.1. The third-order valence-electron chi connectivity index (χ3n) is 5.04. The Kier molecular flexibility index (Phi) is 3.87. The molecule has 0 aromatic carbocycles. The van der Waals surface area contributed by atoms with Crippen molar-refractivity contribution < 1.29 is 9.59 Å². The maximum absolute atomic E-state index is 12.3. The first-order valence-corrected chi connectivity index (χ1v) is 7.85. The van der Waals surface area contributed by atoms with Gasteiger partial charge in [-0.25, -0.2) is 0 Å². The van der Waals surface area contributed by atoms with Crippen LogP contribution in [0.1, 0.15) is 57.8 Å². The second-order valence-corrected chi connectivity index (χ2v) is 6.34. The lowest BCUT2D eigenvalue weighted by Gasteiger charge is -2.26. The highest BCUT2D eigenvalue weighted by molar-refractivity contribution is 6.05. The minimum absolute atomic E-state index is 0.0329. The molecular formula is C15H24N2O2. The topological polar surface area (TPSA) is 49.4 Å². The monoisotopic (exact) mass is 264 g/mol. The van der Waals surface area contributed by atoms with Gasteiger partial charge in [-0.2, -0.15) is 0 Å². The Bertz CT molecular complexity index is 359. The van der Waals surface area contributed by atoms with Gasteiger partial charge in [0.2, 0.25) is 11.8 Å². The molecule has 1 atom stereocenters. The quantitative estimate of drug-likeness (QED) is 0.771. The maximum Gasteiger partial charge on any atom is 0.247 e. The van der Waals surface area contributed by atoms with Crippen molar-refractivity contribution in [3.8, 4) is 0 Å². The normalized spacial score (nSPS) is 29.3. The average Bonchev–Trinajstić information content (AvgIpc) is 2.91. The summed E-state index contributed by atoms with van der Waals surface area (Å²) in [5, 5.41) is 3.30. The number of hydrogen-bond donors (Lipinski definition) is 1. The van der Waals surface area contributed by atoms with E-state index in [-0.39, 0.29) is 23.9 Å². The summed E-state index contributed by atoms with van der Waals surface area (Å²) in [6.45, 7) is 0.882. The van der Waals surface area contributed by atoms with Gasteiger partial charge < -0.3 is 5.32 Å². The third-order valence-corrected chi connectivity index (χ3v) is 5.04. The molecule has 3 aliphatic rings. The van der Waals surface area contributed by atoms with Crippen LogP contribution in [-0.4, -0.2) is 35.3 Å². The molecule has 4 nitrogen and oxygen atoms in total. The standard InChI is InChI=1S/C15H24N2O2/c18-14-10-13(16-9-8-11-4-3-5-11)15(19)17(14)12-6-1-2-7-12/h11-13,16H,1-10H2. The van der Waals surface area contributed by atoms with E-state index in [1.807, 2.05) is 0 Å². The lowest BCUT2D eigenvalue weighted by Crippen LogP contribution is -2.43. The van der Waals surface area contributed by atoms with Crippen LogP contribution in [0, 0.1) is 5.92 Å². The van der Waals surface area contributed by atoms with Crippen LogP contribution in [0.5, 0.6) is 0 Å². The molecule has 0 bridgehead atoms. The second kappa shape index (κ2) is 5.61. The molecule has 0 radical (unpaired) electrons. The largest absolute Gasteiger partial charge is 0.305 e. The van der Waals surface area contributed by atoms with E-state index in [4.69, 9.17) is 0 Å². The molecule has 1 unspecified atom stereocenters. The van der Waals surface area contributed by atoms with Crippen molar-refractivity contribution in [2.24, 2.45) is 5.92 Å². The maximum atomic E-state index is 12.3. The minimum Gasteiger partial charge on any atom is -0.305 e. The van der Waals surface area contributed by atoms with Crippen LogP contribution in [-0.2, 0) is 9.59 Å². The number of nitrogens with zero attached hydrogens (tertiary/aromatic N) is 1. The first-order valence-electron chi connectivity index (χ1n) is 7.85. The number of likely N-dealkylation sites (tertiary alicyclic amines) is 1. The molecule has 3 fully saturated rings. The lowest BCUT2D eigenvalue weighted by molar-refractivity contribution is -0.141. The molecule has 19 heavy (non-hydrogen) atoms. The van der Waals surface area contributed by atoms with Crippen LogP contribution in [0.3, 0.4) is 0 Å². The highest BCUT2D eigenvalue weighted by Gasteiger charge is 2.42. The molecule has 0 spiro atoms. The molecule has 1 aliphatic heterocycles. The van der Waals surface area contributed by atoms with Crippen molar-refractivity contribution in [1.29, 1.82) is 0 Å². The van der Waals surface area contributed by atoms with Crippen molar-refractivity contribution in [3.63, 3.8) is 0 Å². The fourth-order valence-electron chi connectivity index (χ4n) is 3.60. The molecule has 2 saturated carbocycles. The minimum atomic E-state index is -0.242. The van der Waals surface area contributed by atoms with Crippen LogP contribution >= 0.6 is 0 Å². The average molecular weight is 264 g/mol. The Morgan fingerprint density at radius 1 is 1.05 bits per heavy atom. The van der Waals surface area contributed by atoms with Crippen molar-refractivity contribution >= 4 is 11.8 Å². The van der Waals surface area contributed by atoms with Crippen LogP contribution in [0.4, 0.5) is 0 Å². The highest BCUT2D eigenvalue weighted by atomic mass is 16.2. The highest BCUT2D eigenvalue weighted by Crippen LogP contribution is 2.30. The molecule has 2 aliphatic carbocycles.